The number of amides is 1. The van der Waals surface area contributed by atoms with Gasteiger partial charge in [-0.05, 0) is 18.4 Å². The standard InChI is InChI=1S/C11H15NO3S/c1-8(10-3-2-6-16-10)12-11(13)9-7-14-4-5-15-9/h2-3,6,8-9H,4-5,7H2,1H3,(H,12,13)/t8-,9-/m1/s1. The lowest BCUT2D eigenvalue weighted by molar-refractivity contribution is -0.148. The van der Waals surface area contributed by atoms with Gasteiger partial charge in [0.15, 0.2) is 6.10 Å². The molecule has 1 aliphatic heterocycles. The second-order valence-electron chi connectivity index (χ2n) is 3.68. The first-order valence-electron chi connectivity index (χ1n) is 5.30. The fraction of sp³-hybridized carbons (Fsp3) is 0.545. The maximum atomic E-state index is 11.8. The van der Waals surface area contributed by atoms with Crippen molar-refractivity contribution in [3.63, 3.8) is 0 Å². The van der Waals surface area contributed by atoms with Crippen LogP contribution in [-0.4, -0.2) is 31.8 Å². The molecule has 1 aromatic heterocycles. The number of ether oxygens (including phenoxy) is 2. The van der Waals surface area contributed by atoms with Gasteiger partial charge in [-0.2, -0.15) is 0 Å². The third-order valence-electron chi connectivity index (χ3n) is 2.44. The van der Waals surface area contributed by atoms with E-state index in [9.17, 15) is 4.79 Å². The Morgan fingerprint density at radius 2 is 2.50 bits per heavy atom. The summed E-state index contributed by atoms with van der Waals surface area (Å²) in [6.45, 7) is 3.38. The molecule has 4 nitrogen and oxygen atoms in total. The minimum Gasteiger partial charge on any atom is -0.376 e. The summed E-state index contributed by atoms with van der Waals surface area (Å²) in [5.74, 6) is -0.0967. The number of hydrogen-bond donors (Lipinski definition) is 1. The van der Waals surface area contributed by atoms with E-state index in [-0.39, 0.29) is 11.9 Å². The molecule has 0 aromatic carbocycles. The van der Waals surface area contributed by atoms with Crippen molar-refractivity contribution in [1.29, 1.82) is 0 Å². The van der Waals surface area contributed by atoms with Gasteiger partial charge in [-0.1, -0.05) is 6.07 Å². The third kappa shape index (κ3) is 2.81. The van der Waals surface area contributed by atoms with Crippen LogP contribution in [0.25, 0.3) is 0 Å². The number of carbonyl (C=O) groups is 1. The monoisotopic (exact) mass is 241 g/mol. The largest absolute Gasteiger partial charge is 0.376 e. The van der Waals surface area contributed by atoms with Crippen molar-refractivity contribution in [3.8, 4) is 0 Å². The molecule has 0 unspecified atom stereocenters. The maximum Gasteiger partial charge on any atom is 0.252 e. The Hall–Kier alpha value is -0.910. The maximum absolute atomic E-state index is 11.8. The van der Waals surface area contributed by atoms with Gasteiger partial charge in [0.1, 0.15) is 0 Å². The van der Waals surface area contributed by atoms with Crippen molar-refractivity contribution in [2.24, 2.45) is 0 Å². The molecule has 5 heteroatoms. The van der Waals surface area contributed by atoms with Crippen LogP contribution in [0.2, 0.25) is 0 Å². The summed E-state index contributed by atoms with van der Waals surface area (Å²) in [7, 11) is 0. The Morgan fingerprint density at radius 1 is 1.62 bits per heavy atom. The first-order chi connectivity index (χ1) is 7.77. The molecule has 0 saturated carbocycles. The van der Waals surface area contributed by atoms with Gasteiger partial charge >= 0.3 is 0 Å². The summed E-state index contributed by atoms with van der Waals surface area (Å²) in [6.07, 6.45) is -0.462. The zero-order valence-electron chi connectivity index (χ0n) is 9.14. The van der Waals surface area contributed by atoms with Crippen LogP contribution < -0.4 is 5.32 Å². The molecule has 1 saturated heterocycles. The minimum absolute atomic E-state index is 0.0260. The quantitative estimate of drug-likeness (QED) is 0.868. The van der Waals surface area contributed by atoms with E-state index < -0.39 is 6.10 Å². The summed E-state index contributed by atoms with van der Waals surface area (Å²) >= 11 is 1.63. The van der Waals surface area contributed by atoms with Gasteiger partial charge in [0, 0.05) is 4.88 Å². The number of nitrogens with one attached hydrogen (secondary N) is 1. The lowest BCUT2D eigenvalue weighted by Gasteiger charge is -2.23. The van der Waals surface area contributed by atoms with E-state index in [2.05, 4.69) is 5.32 Å². The topological polar surface area (TPSA) is 47.6 Å². The normalized spacial score (nSPS) is 22.7. The van der Waals surface area contributed by atoms with E-state index in [4.69, 9.17) is 9.47 Å². The van der Waals surface area contributed by atoms with Gasteiger partial charge in [-0.25, -0.2) is 0 Å². The molecule has 1 fully saturated rings. The number of rotatable bonds is 3. The highest BCUT2D eigenvalue weighted by Crippen LogP contribution is 2.18. The summed E-state index contributed by atoms with van der Waals surface area (Å²) in [6, 6.07) is 4.01. The van der Waals surface area contributed by atoms with Crippen LogP contribution in [-0.2, 0) is 14.3 Å². The van der Waals surface area contributed by atoms with Crippen LogP contribution in [0.15, 0.2) is 17.5 Å². The van der Waals surface area contributed by atoms with Gasteiger partial charge in [0.25, 0.3) is 5.91 Å². The first kappa shape index (κ1) is 11.6. The average molecular weight is 241 g/mol. The molecule has 1 aliphatic rings. The van der Waals surface area contributed by atoms with Crippen molar-refractivity contribution in [3.05, 3.63) is 22.4 Å². The Morgan fingerprint density at radius 3 is 3.12 bits per heavy atom. The molecule has 1 aromatic rings. The molecule has 0 bridgehead atoms. The molecule has 1 amide bonds. The van der Waals surface area contributed by atoms with Crippen LogP contribution in [0.4, 0.5) is 0 Å². The lowest BCUT2D eigenvalue weighted by Crippen LogP contribution is -2.43. The molecule has 0 radical (unpaired) electrons. The smallest absolute Gasteiger partial charge is 0.252 e. The van der Waals surface area contributed by atoms with Gasteiger partial charge in [-0.15, -0.1) is 11.3 Å². The molecular formula is C11H15NO3S. The predicted molar refractivity (Wildman–Crippen MR) is 61.4 cm³/mol. The molecule has 0 spiro atoms. The van der Waals surface area contributed by atoms with Crippen LogP contribution in [0.5, 0.6) is 0 Å². The molecule has 1 N–H and O–H groups in total. The molecule has 16 heavy (non-hydrogen) atoms. The lowest BCUT2D eigenvalue weighted by atomic mass is 10.2. The molecular weight excluding hydrogens is 226 g/mol. The second kappa shape index (κ2) is 5.43. The van der Waals surface area contributed by atoms with Gasteiger partial charge in [0.05, 0.1) is 25.9 Å². The summed E-state index contributed by atoms with van der Waals surface area (Å²) in [5, 5.41) is 4.92. The van der Waals surface area contributed by atoms with E-state index in [0.717, 1.165) is 4.88 Å². The van der Waals surface area contributed by atoms with E-state index in [1.807, 2.05) is 24.4 Å². The Bertz CT molecular complexity index is 333. The van der Waals surface area contributed by atoms with Crippen molar-refractivity contribution in [2.75, 3.05) is 19.8 Å². The SMILES string of the molecule is C[C@@H](NC(=O)[C@H]1COCCO1)c1cccs1. The fourth-order valence-electron chi connectivity index (χ4n) is 1.55. The highest BCUT2D eigenvalue weighted by molar-refractivity contribution is 7.10. The molecule has 2 heterocycles. The van der Waals surface area contributed by atoms with Crippen molar-refractivity contribution < 1.29 is 14.3 Å². The predicted octanol–water partition coefficient (Wildman–Crippen LogP) is 1.34. The van der Waals surface area contributed by atoms with Crippen molar-refractivity contribution >= 4 is 17.2 Å². The number of carbonyl (C=O) groups excluding carboxylic acids is 1. The highest BCUT2D eigenvalue weighted by atomic mass is 32.1. The molecule has 2 rings (SSSR count). The van der Waals surface area contributed by atoms with E-state index in [0.29, 0.717) is 19.8 Å². The molecule has 0 aliphatic carbocycles. The number of thiophene rings is 1. The van der Waals surface area contributed by atoms with Gasteiger partial charge in [-0.3, -0.25) is 4.79 Å². The van der Waals surface area contributed by atoms with Crippen LogP contribution in [0.1, 0.15) is 17.8 Å². The van der Waals surface area contributed by atoms with E-state index in [1.54, 1.807) is 11.3 Å². The Labute approximate surface area is 98.6 Å². The van der Waals surface area contributed by atoms with Crippen LogP contribution >= 0.6 is 11.3 Å². The first-order valence-corrected chi connectivity index (χ1v) is 6.18. The zero-order valence-corrected chi connectivity index (χ0v) is 9.96. The minimum atomic E-state index is -0.462. The summed E-state index contributed by atoms with van der Waals surface area (Å²) in [4.78, 5) is 12.9. The van der Waals surface area contributed by atoms with E-state index >= 15 is 0 Å². The van der Waals surface area contributed by atoms with Crippen LogP contribution in [0, 0.1) is 0 Å². The Balaban J connectivity index is 1.86. The van der Waals surface area contributed by atoms with E-state index in [1.165, 1.54) is 0 Å². The van der Waals surface area contributed by atoms with Crippen molar-refractivity contribution in [1.82, 2.24) is 5.32 Å². The molecule has 2 atom stereocenters. The average Bonchev–Trinajstić information content (AvgIpc) is 2.83. The second-order valence-corrected chi connectivity index (χ2v) is 4.66. The zero-order chi connectivity index (χ0) is 11.4. The van der Waals surface area contributed by atoms with Crippen molar-refractivity contribution in [2.45, 2.75) is 19.1 Å². The van der Waals surface area contributed by atoms with Gasteiger partial charge in [0.2, 0.25) is 0 Å². The van der Waals surface area contributed by atoms with Gasteiger partial charge < -0.3 is 14.8 Å². The summed E-state index contributed by atoms with van der Waals surface area (Å²) in [5.41, 5.74) is 0. The fourth-order valence-corrected chi connectivity index (χ4v) is 2.29. The summed E-state index contributed by atoms with van der Waals surface area (Å²) < 4.78 is 10.5. The highest BCUT2D eigenvalue weighted by Gasteiger charge is 2.24. The Kier molecular flexibility index (Phi) is 3.93. The number of hydrogen-bond acceptors (Lipinski definition) is 4. The van der Waals surface area contributed by atoms with Crippen LogP contribution in [0.3, 0.4) is 0 Å². The molecule has 88 valence electrons. The third-order valence-corrected chi connectivity index (χ3v) is 3.49.